The maximum Gasteiger partial charge on any atom is 0.297 e. The van der Waals surface area contributed by atoms with Crippen molar-refractivity contribution < 1.29 is 43.8 Å². The van der Waals surface area contributed by atoms with Crippen molar-refractivity contribution in [1.82, 2.24) is 14.8 Å². The van der Waals surface area contributed by atoms with Gasteiger partial charge in [-0.3, -0.25) is 8.74 Å². The summed E-state index contributed by atoms with van der Waals surface area (Å²) in [6.45, 7) is 3.29. The molecular weight excluding hydrogens is 641 g/mol. The highest BCUT2D eigenvalue weighted by atomic mass is 32.2. The molecule has 44 heavy (non-hydrogen) atoms. The highest BCUT2D eigenvalue weighted by molar-refractivity contribution is 7.99. The van der Waals surface area contributed by atoms with Gasteiger partial charge in [0.1, 0.15) is 24.1 Å². The van der Waals surface area contributed by atoms with Crippen molar-refractivity contribution in [3.05, 3.63) is 101 Å². The van der Waals surface area contributed by atoms with Gasteiger partial charge in [-0.2, -0.15) is 16.8 Å². The number of aromatic nitrogens is 3. The first-order valence-electron chi connectivity index (χ1n) is 12.9. The summed E-state index contributed by atoms with van der Waals surface area (Å²) in [5.74, 6) is -3.13. The lowest BCUT2D eigenvalue weighted by Crippen LogP contribution is -2.33. The van der Waals surface area contributed by atoms with Crippen molar-refractivity contribution in [2.24, 2.45) is 7.05 Å². The van der Waals surface area contributed by atoms with Gasteiger partial charge in [0.2, 0.25) is 5.79 Å². The molecule has 4 aromatic rings. The molecule has 1 aliphatic rings. The fourth-order valence-corrected chi connectivity index (χ4v) is 6.35. The normalized spacial score (nSPS) is 18.5. The molecule has 1 aromatic heterocycles. The van der Waals surface area contributed by atoms with E-state index in [2.05, 4.69) is 10.2 Å². The minimum atomic E-state index is -4.02. The molecule has 236 valence electrons. The van der Waals surface area contributed by atoms with Crippen molar-refractivity contribution in [2.45, 2.75) is 40.7 Å². The van der Waals surface area contributed by atoms with E-state index in [0.717, 1.165) is 23.3 Å². The van der Waals surface area contributed by atoms with Gasteiger partial charge < -0.3 is 14.0 Å². The van der Waals surface area contributed by atoms with E-state index in [0.29, 0.717) is 5.16 Å². The summed E-state index contributed by atoms with van der Waals surface area (Å²) in [7, 11) is -6.29. The van der Waals surface area contributed by atoms with Crippen molar-refractivity contribution in [3.8, 4) is 0 Å². The van der Waals surface area contributed by atoms with E-state index in [9.17, 15) is 25.6 Å². The Labute approximate surface area is 258 Å². The number of ether oxygens (including phenoxy) is 2. The summed E-state index contributed by atoms with van der Waals surface area (Å²) in [5, 5.41) is 8.30. The van der Waals surface area contributed by atoms with Crippen molar-refractivity contribution in [3.63, 3.8) is 0 Å². The second kappa shape index (κ2) is 13.8. The standard InChI is InChI=1S/C21H21F2N3O5S2.C7H8O3S/c1-14-3-6-17(7-4-14)33(27,28)30-11-16-10-29-21(31-16,12-32-20-25-24-13-26(20)2)18-8-5-15(22)9-19(18)23;1-6-2-4-7(5-3-6)11(8,9)10/h3-9,13,16H,10-12H2,1-2H3;2-5H,1H3,(H,8,9,10)/t16-,21+;/m0./s1. The summed E-state index contributed by atoms with van der Waals surface area (Å²) in [6.07, 6.45) is 0.700. The highest BCUT2D eigenvalue weighted by Crippen LogP contribution is 2.40. The molecule has 1 fully saturated rings. The zero-order chi connectivity index (χ0) is 32.1. The third-order valence-electron chi connectivity index (χ3n) is 6.30. The predicted octanol–water partition coefficient (Wildman–Crippen LogP) is 4.41. The van der Waals surface area contributed by atoms with Crippen molar-refractivity contribution in [1.29, 1.82) is 0 Å². The fourth-order valence-electron chi connectivity index (χ4n) is 3.95. The van der Waals surface area contributed by atoms with E-state index < -0.39 is 43.8 Å². The van der Waals surface area contributed by atoms with Crippen LogP contribution in [0.4, 0.5) is 8.78 Å². The first-order chi connectivity index (χ1) is 20.7. The summed E-state index contributed by atoms with van der Waals surface area (Å²) >= 11 is 1.20. The van der Waals surface area contributed by atoms with Crippen LogP contribution in [0.1, 0.15) is 16.7 Å². The van der Waals surface area contributed by atoms with E-state index in [-0.39, 0.29) is 34.3 Å². The number of benzene rings is 3. The molecule has 1 saturated heterocycles. The summed E-state index contributed by atoms with van der Waals surface area (Å²) < 4.78 is 101. The van der Waals surface area contributed by atoms with Crippen LogP contribution in [0.5, 0.6) is 0 Å². The lowest BCUT2D eigenvalue weighted by molar-refractivity contribution is -0.162. The van der Waals surface area contributed by atoms with Crippen LogP contribution in [0.3, 0.4) is 0 Å². The summed E-state index contributed by atoms with van der Waals surface area (Å²) in [4.78, 5) is -0.0520. The van der Waals surface area contributed by atoms with Crippen LogP contribution in [0.25, 0.3) is 0 Å². The molecule has 0 bridgehead atoms. The Kier molecular flexibility index (Phi) is 10.6. The first kappa shape index (κ1) is 33.6. The SMILES string of the molecule is Cc1ccc(S(=O)(=O)O)cc1.Cc1ccc(S(=O)(=O)OC[C@@H]2CO[C@@](CSc3nncn3C)(c3ccc(F)cc3F)O2)cc1. The number of aryl methyl sites for hydroxylation is 3. The maximum absolute atomic E-state index is 14.7. The van der Waals surface area contributed by atoms with Gasteiger partial charge in [-0.1, -0.05) is 47.2 Å². The molecule has 2 heterocycles. The van der Waals surface area contributed by atoms with Crippen molar-refractivity contribution >= 4 is 32.0 Å². The Morgan fingerprint density at radius 3 is 2.16 bits per heavy atom. The van der Waals surface area contributed by atoms with Gasteiger partial charge in [-0.15, -0.1) is 10.2 Å². The Bertz CT molecular complexity index is 1800. The number of hydrogen-bond acceptors (Lipinski definition) is 10. The Morgan fingerprint density at radius 1 is 1.00 bits per heavy atom. The van der Waals surface area contributed by atoms with Gasteiger partial charge >= 0.3 is 0 Å². The second-order valence-corrected chi connectivity index (χ2v) is 13.8. The monoisotopic (exact) mass is 669 g/mol. The van der Waals surface area contributed by atoms with Crippen molar-refractivity contribution in [2.75, 3.05) is 19.0 Å². The van der Waals surface area contributed by atoms with Gasteiger partial charge in [0, 0.05) is 18.7 Å². The Hall–Kier alpha value is -3.25. The third-order valence-corrected chi connectivity index (χ3v) is 9.62. The topological polar surface area (TPSA) is 147 Å². The molecule has 5 rings (SSSR count). The third kappa shape index (κ3) is 8.47. The average Bonchev–Trinajstić information content (AvgIpc) is 3.57. The zero-order valence-electron chi connectivity index (χ0n) is 23.8. The van der Waals surface area contributed by atoms with Crippen LogP contribution >= 0.6 is 11.8 Å². The molecule has 1 aliphatic heterocycles. The molecule has 1 N–H and O–H groups in total. The van der Waals surface area contributed by atoms with Crippen LogP contribution in [0, 0.1) is 25.5 Å². The number of thioether (sulfide) groups is 1. The van der Waals surface area contributed by atoms with Crippen LogP contribution in [0.15, 0.2) is 88.0 Å². The van der Waals surface area contributed by atoms with Crippen LogP contribution < -0.4 is 0 Å². The minimum absolute atomic E-state index is 0.0116. The Balaban J connectivity index is 0.000000339. The van der Waals surface area contributed by atoms with E-state index in [1.165, 1.54) is 48.4 Å². The molecule has 0 saturated carbocycles. The summed E-state index contributed by atoms with van der Waals surface area (Å²) in [5.41, 5.74) is 1.85. The molecular formula is C28H29F2N3O8S3. The number of hydrogen-bond donors (Lipinski definition) is 1. The fraction of sp³-hybridized carbons (Fsp3) is 0.286. The molecule has 0 aliphatic carbocycles. The quantitative estimate of drug-likeness (QED) is 0.154. The second-order valence-electron chi connectivity index (χ2n) is 9.78. The number of halogens is 2. The van der Waals surface area contributed by atoms with Gasteiger partial charge in [0.15, 0.2) is 5.16 Å². The molecule has 16 heteroatoms. The minimum Gasteiger partial charge on any atom is -0.342 e. The first-order valence-corrected chi connectivity index (χ1v) is 16.8. The molecule has 0 spiro atoms. The number of rotatable bonds is 9. The van der Waals surface area contributed by atoms with Crippen LogP contribution in [-0.4, -0.2) is 61.2 Å². The van der Waals surface area contributed by atoms with Gasteiger partial charge in [0.25, 0.3) is 20.2 Å². The van der Waals surface area contributed by atoms with E-state index in [1.807, 2.05) is 13.8 Å². The smallest absolute Gasteiger partial charge is 0.297 e. The molecule has 0 radical (unpaired) electrons. The average molecular weight is 670 g/mol. The maximum atomic E-state index is 14.7. The largest absolute Gasteiger partial charge is 0.342 e. The lowest BCUT2D eigenvalue weighted by atomic mass is 10.1. The van der Waals surface area contributed by atoms with E-state index in [1.54, 1.807) is 35.9 Å². The van der Waals surface area contributed by atoms with Gasteiger partial charge in [-0.25, -0.2) is 8.78 Å². The van der Waals surface area contributed by atoms with E-state index >= 15 is 0 Å². The molecule has 2 atom stereocenters. The predicted molar refractivity (Wildman–Crippen MR) is 156 cm³/mol. The van der Waals surface area contributed by atoms with Crippen LogP contribution in [-0.2, 0) is 46.7 Å². The molecule has 11 nitrogen and oxygen atoms in total. The molecule has 0 unspecified atom stereocenters. The number of nitrogens with zero attached hydrogens (tertiary/aromatic N) is 3. The summed E-state index contributed by atoms with van der Waals surface area (Å²) in [6, 6.07) is 15.3. The van der Waals surface area contributed by atoms with Gasteiger partial charge in [0.05, 0.1) is 28.8 Å². The molecule has 0 amide bonds. The van der Waals surface area contributed by atoms with Crippen LogP contribution in [0.2, 0.25) is 0 Å². The highest BCUT2D eigenvalue weighted by Gasteiger charge is 2.46. The van der Waals surface area contributed by atoms with E-state index in [4.69, 9.17) is 18.2 Å². The van der Waals surface area contributed by atoms with Gasteiger partial charge in [-0.05, 0) is 50.2 Å². The molecule has 3 aromatic carbocycles. The lowest BCUT2D eigenvalue weighted by Gasteiger charge is -2.28. The zero-order valence-corrected chi connectivity index (χ0v) is 26.2. The Morgan fingerprint density at radius 2 is 1.61 bits per heavy atom.